The molecule has 0 aromatic heterocycles. The van der Waals surface area contributed by atoms with Gasteiger partial charge < -0.3 is 20.6 Å². The fourth-order valence-electron chi connectivity index (χ4n) is 3.30. The zero-order chi connectivity index (χ0) is 22.6. The number of carbonyl (C=O) groups is 2. The Hall–Kier alpha value is -2.15. The normalized spacial score (nSPS) is 18.6. The van der Waals surface area contributed by atoms with Crippen LogP contribution in [0.25, 0.3) is 0 Å². The average Bonchev–Trinajstić information content (AvgIpc) is 3.11. The predicted octanol–water partition coefficient (Wildman–Crippen LogP) is 3.43. The van der Waals surface area contributed by atoms with Gasteiger partial charge in [-0.2, -0.15) is 0 Å². The average molecular weight is 576 g/mol. The molecule has 3 amide bonds. The minimum Gasteiger partial charge on any atom is -0.465 e. The number of para-hydroxylation sites is 1. The first kappa shape index (κ1) is 23.5. The fraction of sp³-hybridized carbons (Fsp3) is 0.263. The van der Waals surface area contributed by atoms with Crippen LogP contribution in [0.5, 0.6) is 0 Å². The Morgan fingerprint density at radius 3 is 2.52 bits per heavy atom. The van der Waals surface area contributed by atoms with E-state index in [1.165, 1.54) is 6.07 Å². The van der Waals surface area contributed by atoms with Gasteiger partial charge in [-0.25, -0.2) is 22.7 Å². The Morgan fingerprint density at radius 1 is 1.13 bits per heavy atom. The highest BCUT2D eigenvalue weighted by Gasteiger charge is 2.37. The second-order valence-electron chi connectivity index (χ2n) is 6.92. The molecule has 2 aromatic carbocycles. The van der Waals surface area contributed by atoms with Gasteiger partial charge in [0, 0.05) is 33.8 Å². The number of benzene rings is 2. The smallest absolute Gasteiger partial charge is 0.407 e. The van der Waals surface area contributed by atoms with E-state index >= 15 is 0 Å². The molecule has 3 rings (SSSR count). The van der Waals surface area contributed by atoms with Gasteiger partial charge in [0.1, 0.15) is 0 Å². The lowest BCUT2D eigenvalue weighted by molar-refractivity contribution is 0.139. The van der Waals surface area contributed by atoms with Crippen molar-refractivity contribution >= 4 is 59.7 Å². The van der Waals surface area contributed by atoms with Crippen molar-refractivity contribution in [2.24, 2.45) is 0 Å². The van der Waals surface area contributed by atoms with Crippen molar-refractivity contribution in [1.82, 2.24) is 14.9 Å². The molecule has 1 fully saturated rings. The van der Waals surface area contributed by atoms with Crippen LogP contribution in [-0.2, 0) is 10.0 Å². The number of sulfonamides is 1. The van der Waals surface area contributed by atoms with Crippen LogP contribution in [-0.4, -0.2) is 55.7 Å². The number of carbonyl (C=O) groups excluding carboxylic acids is 1. The summed E-state index contributed by atoms with van der Waals surface area (Å²) in [5.41, 5.74) is 0.603. The summed E-state index contributed by atoms with van der Waals surface area (Å²) < 4.78 is 29.2. The maximum atomic E-state index is 12.8. The van der Waals surface area contributed by atoms with Crippen LogP contribution in [0.2, 0.25) is 0 Å². The predicted molar refractivity (Wildman–Crippen MR) is 123 cm³/mol. The molecule has 0 unspecified atom stereocenters. The Balaban J connectivity index is 1.63. The molecule has 0 bridgehead atoms. The first-order chi connectivity index (χ1) is 14.7. The number of amides is 3. The van der Waals surface area contributed by atoms with Crippen LogP contribution in [0.15, 0.2) is 62.4 Å². The first-order valence-electron chi connectivity index (χ1n) is 9.22. The van der Waals surface area contributed by atoms with Crippen LogP contribution in [0.1, 0.15) is 6.42 Å². The quantitative estimate of drug-likeness (QED) is 0.419. The molecule has 1 aliphatic heterocycles. The van der Waals surface area contributed by atoms with Gasteiger partial charge in [0.15, 0.2) is 0 Å². The minimum atomic E-state index is -3.89. The van der Waals surface area contributed by atoms with E-state index in [1.807, 2.05) is 6.07 Å². The summed E-state index contributed by atoms with van der Waals surface area (Å²) in [6.07, 6.45) is -0.955. The Kier molecular flexibility index (Phi) is 7.57. The lowest BCUT2D eigenvalue weighted by Crippen LogP contribution is -2.43. The van der Waals surface area contributed by atoms with E-state index in [2.05, 4.69) is 47.2 Å². The summed E-state index contributed by atoms with van der Waals surface area (Å²) in [6.45, 7) is 0.0244. The Labute approximate surface area is 196 Å². The van der Waals surface area contributed by atoms with Crippen molar-refractivity contribution in [3.8, 4) is 0 Å². The SMILES string of the molecule is O=C(NC[C@H]1C[C@@H](NS(=O)(=O)c2cc(Br)ccc2Br)CN1C(=O)O)Nc1ccccc1. The molecule has 0 saturated carbocycles. The molecule has 31 heavy (non-hydrogen) atoms. The number of carboxylic acid groups (broad SMARTS) is 1. The fourth-order valence-corrected chi connectivity index (χ4v) is 6.05. The molecule has 4 N–H and O–H groups in total. The van der Waals surface area contributed by atoms with Crippen LogP contribution in [0.4, 0.5) is 15.3 Å². The monoisotopic (exact) mass is 574 g/mol. The second kappa shape index (κ2) is 9.98. The number of nitrogens with one attached hydrogen (secondary N) is 3. The number of nitrogens with zero attached hydrogens (tertiary/aromatic N) is 1. The maximum Gasteiger partial charge on any atom is 0.407 e. The molecule has 0 spiro atoms. The highest BCUT2D eigenvalue weighted by atomic mass is 79.9. The van der Waals surface area contributed by atoms with Gasteiger partial charge in [0.05, 0.1) is 10.9 Å². The third kappa shape index (κ3) is 6.19. The van der Waals surface area contributed by atoms with Crippen LogP contribution in [0, 0.1) is 0 Å². The maximum absolute atomic E-state index is 12.8. The summed E-state index contributed by atoms with van der Waals surface area (Å²) in [4.78, 5) is 24.9. The van der Waals surface area contributed by atoms with E-state index < -0.39 is 34.2 Å². The standard InChI is InChI=1S/C19H20Br2N4O5S/c20-12-6-7-16(21)17(8-12)31(29,30)24-14-9-15(25(11-14)19(27)28)10-22-18(26)23-13-4-2-1-3-5-13/h1-8,14-15,24H,9-11H2,(H,27,28)(H2,22,23,26)/t14-,15-/m1/s1. The second-order valence-corrected chi connectivity index (χ2v) is 10.4. The van der Waals surface area contributed by atoms with Crippen molar-refractivity contribution < 1.29 is 23.1 Å². The molecule has 2 atom stereocenters. The molecular weight excluding hydrogens is 556 g/mol. The molecule has 0 radical (unpaired) electrons. The molecule has 2 aromatic rings. The summed E-state index contributed by atoms with van der Waals surface area (Å²) in [6, 6.07) is 11.9. The van der Waals surface area contributed by atoms with E-state index in [9.17, 15) is 23.1 Å². The van der Waals surface area contributed by atoms with Gasteiger partial charge in [-0.3, -0.25) is 0 Å². The largest absolute Gasteiger partial charge is 0.465 e. The van der Waals surface area contributed by atoms with Crippen LogP contribution < -0.4 is 15.4 Å². The lowest BCUT2D eigenvalue weighted by atomic mass is 10.2. The number of urea groups is 1. The number of anilines is 1. The summed E-state index contributed by atoms with van der Waals surface area (Å²) in [5.74, 6) is 0. The number of likely N-dealkylation sites (tertiary alicyclic amines) is 1. The molecule has 12 heteroatoms. The van der Waals surface area contributed by atoms with E-state index in [0.29, 0.717) is 14.6 Å². The zero-order valence-electron chi connectivity index (χ0n) is 16.1. The number of hydrogen-bond acceptors (Lipinski definition) is 4. The van der Waals surface area contributed by atoms with Crippen molar-refractivity contribution in [2.45, 2.75) is 23.4 Å². The highest BCUT2D eigenvalue weighted by Crippen LogP contribution is 2.27. The number of halogens is 2. The summed E-state index contributed by atoms with van der Waals surface area (Å²) >= 11 is 6.48. The molecule has 1 saturated heterocycles. The highest BCUT2D eigenvalue weighted by molar-refractivity contribution is 9.11. The van der Waals surface area contributed by atoms with Gasteiger partial charge in [0.2, 0.25) is 10.0 Å². The number of hydrogen-bond donors (Lipinski definition) is 4. The molecular formula is C19H20Br2N4O5S. The van der Waals surface area contributed by atoms with E-state index in [1.54, 1.807) is 36.4 Å². The lowest BCUT2D eigenvalue weighted by Gasteiger charge is -2.21. The zero-order valence-corrected chi connectivity index (χ0v) is 20.1. The Morgan fingerprint density at radius 2 is 1.84 bits per heavy atom. The van der Waals surface area contributed by atoms with Crippen LogP contribution in [0.3, 0.4) is 0 Å². The van der Waals surface area contributed by atoms with Crippen LogP contribution >= 0.6 is 31.9 Å². The number of rotatable bonds is 6. The topological polar surface area (TPSA) is 128 Å². The third-order valence-electron chi connectivity index (χ3n) is 4.69. The molecule has 1 heterocycles. The van der Waals surface area contributed by atoms with Crippen molar-refractivity contribution in [1.29, 1.82) is 0 Å². The molecule has 9 nitrogen and oxygen atoms in total. The van der Waals surface area contributed by atoms with Gasteiger partial charge in [0.25, 0.3) is 0 Å². The molecule has 0 aliphatic carbocycles. The van der Waals surface area contributed by atoms with Gasteiger partial charge in [-0.1, -0.05) is 34.1 Å². The molecule has 166 valence electrons. The third-order valence-corrected chi connectivity index (χ3v) is 7.70. The van der Waals surface area contributed by atoms with E-state index in [-0.39, 0.29) is 24.4 Å². The van der Waals surface area contributed by atoms with Gasteiger partial charge in [-0.15, -0.1) is 0 Å². The first-order valence-corrected chi connectivity index (χ1v) is 12.3. The van der Waals surface area contributed by atoms with E-state index in [4.69, 9.17) is 0 Å². The molecule has 1 aliphatic rings. The van der Waals surface area contributed by atoms with Gasteiger partial charge >= 0.3 is 12.1 Å². The minimum absolute atomic E-state index is 0.0210. The van der Waals surface area contributed by atoms with E-state index in [0.717, 1.165) is 4.90 Å². The van der Waals surface area contributed by atoms with Crippen molar-refractivity contribution in [3.63, 3.8) is 0 Å². The summed E-state index contributed by atoms with van der Waals surface area (Å²) in [7, 11) is -3.89. The summed E-state index contributed by atoms with van der Waals surface area (Å²) in [5, 5.41) is 14.8. The Bertz CT molecular complexity index is 1070. The van der Waals surface area contributed by atoms with Crippen molar-refractivity contribution in [2.75, 3.05) is 18.4 Å². The van der Waals surface area contributed by atoms with Gasteiger partial charge in [-0.05, 0) is 52.7 Å². The van der Waals surface area contributed by atoms with Crippen molar-refractivity contribution in [3.05, 3.63) is 57.5 Å².